The van der Waals surface area contributed by atoms with E-state index in [0.29, 0.717) is 0 Å². The van der Waals surface area contributed by atoms with Gasteiger partial charge in [-0.05, 0) is 32.0 Å². The summed E-state index contributed by atoms with van der Waals surface area (Å²) in [6.45, 7) is 2.40. The number of anilines is 1. The van der Waals surface area contributed by atoms with E-state index in [2.05, 4.69) is 5.32 Å². The number of furan rings is 1. The number of esters is 1. The summed E-state index contributed by atoms with van der Waals surface area (Å²) in [6.07, 6.45) is -1.26. The van der Waals surface area contributed by atoms with Crippen molar-refractivity contribution in [2.75, 3.05) is 5.32 Å². The largest absolute Gasteiger partial charge is 0.463 e. The molecule has 0 bridgehead atoms. The number of aliphatic hydroxyl groups excluding tert-OH is 1. The Morgan fingerprint density at radius 1 is 1.33 bits per heavy atom. The molecule has 0 fully saturated rings. The predicted molar refractivity (Wildman–Crippen MR) is 79.2 cm³/mol. The molecule has 0 radical (unpaired) electrons. The second kappa shape index (κ2) is 7.22. The van der Waals surface area contributed by atoms with Crippen LogP contribution in [0.1, 0.15) is 28.8 Å². The first-order valence-corrected chi connectivity index (χ1v) is 6.99. The molecule has 1 aromatic heterocycles. The van der Waals surface area contributed by atoms with Crippen molar-refractivity contribution < 1.29 is 32.6 Å². The number of aryl methyl sites for hydroxylation is 1. The van der Waals surface area contributed by atoms with E-state index in [4.69, 9.17) is 14.3 Å². The molecule has 128 valence electrons. The lowest BCUT2D eigenvalue weighted by atomic mass is 10.2. The number of carbonyl (C=O) groups is 2. The summed E-state index contributed by atoms with van der Waals surface area (Å²) < 4.78 is 36.6. The van der Waals surface area contributed by atoms with Crippen LogP contribution in [0, 0.1) is 18.6 Å². The van der Waals surface area contributed by atoms with Crippen molar-refractivity contribution in [1.29, 1.82) is 0 Å². The number of aliphatic hydroxyl groups is 1. The van der Waals surface area contributed by atoms with Gasteiger partial charge < -0.3 is 19.6 Å². The van der Waals surface area contributed by atoms with Crippen LogP contribution in [0.25, 0.3) is 0 Å². The summed E-state index contributed by atoms with van der Waals surface area (Å²) >= 11 is 0. The number of amides is 1. The first-order valence-electron chi connectivity index (χ1n) is 6.99. The molecule has 8 heteroatoms. The molecule has 0 aliphatic rings. The number of hydrogen-bond donors (Lipinski definition) is 2. The fourth-order valence-electron chi connectivity index (χ4n) is 1.93. The van der Waals surface area contributed by atoms with E-state index in [1.807, 2.05) is 0 Å². The summed E-state index contributed by atoms with van der Waals surface area (Å²) in [7, 11) is 0. The summed E-state index contributed by atoms with van der Waals surface area (Å²) in [5, 5.41) is 11.1. The van der Waals surface area contributed by atoms with Crippen LogP contribution in [0.15, 0.2) is 28.7 Å². The zero-order valence-electron chi connectivity index (χ0n) is 12.9. The van der Waals surface area contributed by atoms with Crippen molar-refractivity contribution in [2.45, 2.75) is 26.6 Å². The molecule has 2 rings (SSSR count). The van der Waals surface area contributed by atoms with Gasteiger partial charge in [0.2, 0.25) is 0 Å². The molecular formula is C16H15F2NO5. The number of ether oxygens (including phenoxy) is 1. The van der Waals surface area contributed by atoms with E-state index in [1.165, 1.54) is 19.9 Å². The van der Waals surface area contributed by atoms with E-state index < -0.39 is 29.6 Å². The maximum Gasteiger partial charge on any atom is 0.342 e. The van der Waals surface area contributed by atoms with Gasteiger partial charge in [0.1, 0.15) is 35.3 Å². The van der Waals surface area contributed by atoms with Crippen LogP contribution >= 0.6 is 0 Å². The molecule has 0 spiro atoms. The van der Waals surface area contributed by atoms with Crippen LogP contribution < -0.4 is 5.32 Å². The van der Waals surface area contributed by atoms with E-state index in [9.17, 15) is 18.4 Å². The molecule has 1 aromatic carbocycles. The molecule has 0 unspecified atom stereocenters. The van der Waals surface area contributed by atoms with Gasteiger partial charge in [0.05, 0.1) is 5.69 Å². The lowest BCUT2D eigenvalue weighted by Gasteiger charge is -2.13. The SMILES string of the molecule is Cc1oc(CO)cc1C(=O)O[C@@H](C)C(=O)Nc1cc(F)ccc1F. The number of benzene rings is 1. The van der Waals surface area contributed by atoms with Crippen molar-refractivity contribution in [1.82, 2.24) is 0 Å². The highest BCUT2D eigenvalue weighted by Gasteiger charge is 2.23. The average molecular weight is 339 g/mol. The zero-order valence-corrected chi connectivity index (χ0v) is 12.9. The molecule has 0 aliphatic heterocycles. The molecule has 2 aromatic rings. The third kappa shape index (κ3) is 3.96. The maximum atomic E-state index is 13.5. The minimum atomic E-state index is -1.26. The van der Waals surface area contributed by atoms with Crippen molar-refractivity contribution >= 4 is 17.6 Å². The molecule has 0 saturated heterocycles. The van der Waals surface area contributed by atoms with E-state index in [1.54, 1.807) is 0 Å². The van der Waals surface area contributed by atoms with Gasteiger partial charge in [0.15, 0.2) is 6.10 Å². The minimum absolute atomic E-state index is 0.0654. The average Bonchev–Trinajstić information content (AvgIpc) is 2.92. The molecule has 1 amide bonds. The molecule has 24 heavy (non-hydrogen) atoms. The van der Waals surface area contributed by atoms with E-state index >= 15 is 0 Å². The third-order valence-corrected chi connectivity index (χ3v) is 3.18. The lowest BCUT2D eigenvalue weighted by Crippen LogP contribution is -2.30. The Morgan fingerprint density at radius 3 is 2.67 bits per heavy atom. The number of halogens is 2. The van der Waals surface area contributed by atoms with Crippen molar-refractivity contribution in [3.8, 4) is 0 Å². The first-order chi connectivity index (χ1) is 11.3. The molecular weight excluding hydrogens is 324 g/mol. The molecule has 1 atom stereocenters. The number of nitrogens with one attached hydrogen (secondary N) is 1. The van der Waals surface area contributed by atoms with Gasteiger partial charge >= 0.3 is 5.97 Å². The molecule has 0 saturated carbocycles. The number of carbonyl (C=O) groups excluding carboxylic acids is 2. The van der Waals surface area contributed by atoms with Crippen LogP contribution in [0.3, 0.4) is 0 Å². The first kappa shape index (κ1) is 17.6. The number of rotatable bonds is 5. The maximum absolute atomic E-state index is 13.5. The van der Waals surface area contributed by atoms with Crippen molar-refractivity contribution in [3.63, 3.8) is 0 Å². The second-order valence-electron chi connectivity index (χ2n) is 5.00. The molecule has 0 aliphatic carbocycles. The van der Waals surface area contributed by atoms with Gasteiger partial charge in [-0.25, -0.2) is 13.6 Å². The van der Waals surface area contributed by atoms with E-state index in [-0.39, 0.29) is 29.4 Å². The standard InChI is InChI=1S/C16H15F2NO5/c1-8-12(6-11(7-20)23-8)16(22)24-9(2)15(21)19-14-5-10(17)3-4-13(14)18/h3-6,9,20H,7H2,1-2H3,(H,19,21)/t9-/m0/s1. The van der Waals surface area contributed by atoms with Gasteiger partial charge in [0, 0.05) is 6.07 Å². The molecule has 6 nitrogen and oxygen atoms in total. The Morgan fingerprint density at radius 2 is 2.04 bits per heavy atom. The number of hydrogen-bond acceptors (Lipinski definition) is 5. The Labute approximate surface area is 136 Å². The predicted octanol–water partition coefficient (Wildman–Crippen LogP) is 2.54. The van der Waals surface area contributed by atoms with Crippen molar-refractivity contribution in [3.05, 3.63) is 53.0 Å². The zero-order chi connectivity index (χ0) is 17.9. The monoisotopic (exact) mass is 339 g/mol. The summed E-state index contributed by atoms with van der Waals surface area (Å²) in [5.41, 5.74) is -0.291. The van der Waals surface area contributed by atoms with Gasteiger partial charge in [-0.15, -0.1) is 0 Å². The Kier molecular flexibility index (Phi) is 5.30. The van der Waals surface area contributed by atoms with E-state index in [0.717, 1.165) is 18.2 Å². The lowest BCUT2D eigenvalue weighted by molar-refractivity contribution is -0.123. The Hall–Kier alpha value is -2.74. The summed E-state index contributed by atoms with van der Waals surface area (Å²) in [4.78, 5) is 24.0. The minimum Gasteiger partial charge on any atom is -0.463 e. The van der Waals surface area contributed by atoms with Crippen molar-refractivity contribution in [2.24, 2.45) is 0 Å². The van der Waals surface area contributed by atoms with Gasteiger partial charge in [-0.3, -0.25) is 4.79 Å². The van der Waals surface area contributed by atoms with Crippen LogP contribution in [-0.4, -0.2) is 23.1 Å². The van der Waals surface area contributed by atoms with Crippen LogP contribution in [0.2, 0.25) is 0 Å². The fourth-order valence-corrected chi connectivity index (χ4v) is 1.93. The smallest absolute Gasteiger partial charge is 0.342 e. The quantitative estimate of drug-likeness (QED) is 0.817. The fraction of sp³-hybridized carbons (Fsp3) is 0.250. The normalized spacial score (nSPS) is 11.9. The summed E-state index contributed by atoms with van der Waals surface area (Å²) in [6, 6.07) is 3.89. The summed E-state index contributed by atoms with van der Waals surface area (Å²) in [5.74, 6) is -2.79. The van der Waals surface area contributed by atoms with Gasteiger partial charge in [-0.2, -0.15) is 0 Å². The third-order valence-electron chi connectivity index (χ3n) is 3.18. The van der Waals surface area contributed by atoms with Gasteiger partial charge in [-0.1, -0.05) is 0 Å². The molecule has 2 N–H and O–H groups in total. The molecule has 1 heterocycles. The van der Waals surface area contributed by atoms with Gasteiger partial charge in [0.25, 0.3) is 5.91 Å². The Balaban J connectivity index is 2.04. The highest BCUT2D eigenvalue weighted by atomic mass is 19.1. The highest BCUT2D eigenvalue weighted by Crippen LogP contribution is 2.18. The van der Waals surface area contributed by atoms with Crippen LogP contribution in [0.4, 0.5) is 14.5 Å². The van der Waals surface area contributed by atoms with Crippen LogP contribution in [-0.2, 0) is 16.1 Å². The highest BCUT2D eigenvalue weighted by molar-refractivity contribution is 5.97. The Bertz CT molecular complexity index is 772. The second-order valence-corrected chi connectivity index (χ2v) is 5.00. The topological polar surface area (TPSA) is 88.8 Å². The van der Waals surface area contributed by atoms with Crippen LogP contribution in [0.5, 0.6) is 0 Å².